The lowest BCUT2D eigenvalue weighted by molar-refractivity contribution is 0.0658. The molecule has 2 aromatic rings. The van der Waals surface area contributed by atoms with Crippen LogP contribution in [0.15, 0.2) is 48.5 Å². The summed E-state index contributed by atoms with van der Waals surface area (Å²) in [7, 11) is 0. The Labute approximate surface area is 173 Å². The first-order chi connectivity index (χ1) is 14.0. The molecule has 1 aliphatic rings. The van der Waals surface area contributed by atoms with Gasteiger partial charge in [0.25, 0.3) is 11.8 Å². The predicted octanol–water partition coefficient (Wildman–Crippen LogP) is 4.06. The van der Waals surface area contributed by atoms with Crippen molar-refractivity contribution in [2.75, 3.05) is 19.7 Å². The van der Waals surface area contributed by atoms with Crippen molar-refractivity contribution < 1.29 is 14.3 Å². The summed E-state index contributed by atoms with van der Waals surface area (Å²) in [5.41, 5.74) is 2.36. The van der Waals surface area contributed by atoms with Crippen LogP contribution in [0.1, 0.15) is 53.0 Å². The van der Waals surface area contributed by atoms with E-state index < -0.39 is 0 Å². The van der Waals surface area contributed by atoms with Crippen LogP contribution in [0.25, 0.3) is 0 Å². The maximum atomic E-state index is 12.8. The molecule has 3 rings (SSSR count). The SMILES string of the molecule is Cc1ccccc1C(=O)N1CCC(COc2ccccc2C(=O)NC(C)C)CC1. The number of carbonyl (C=O) groups is 2. The van der Waals surface area contributed by atoms with Gasteiger partial charge in [-0.25, -0.2) is 0 Å². The Morgan fingerprint density at radius 2 is 1.66 bits per heavy atom. The highest BCUT2D eigenvalue weighted by Crippen LogP contribution is 2.23. The number of ether oxygens (including phenoxy) is 1. The Hall–Kier alpha value is -2.82. The molecule has 29 heavy (non-hydrogen) atoms. The maximum Gasteiger partial charge on any atom is 0.255 e. The second-order valence-electron chi connectivity index (χ2n) is 7.99. The van der Waals surface area contributed by atoms with Crippen molar-refractivity contribution >= 4 is 11.8 Å². The van der Waals surface area contributed by atoms with Gasteiger partial charge in [0.2, 0.25) is 0 Å². The number of aryl methyl sites for hydroxylation is 1. The first kappa shape index (κ1) is 20.9. The van der Waals surface area contributed by atoms with Crippen molar-refractivity contribution in [1.29, 1.82) is 0 Å². The molecule has 154 valence electrons. The molecule has 1 N–H and O–H groups in total. The number of piperidine rings is 1. The first-order valence-corrected chi connectivity index (χ1v) is 10.3. The molecule has 0 spiro atoms. The van der Waals surface area contributed by atoms with Gasteiger partial charge in [0.05, 0.1) is 12.2 Å². The molecular formula is C24H30N2O3. The van der Waals surface area contributed by atoms with Crippen LogP contribution in [0.5, 0.6) is 5.75 Å². The topological polar surface area (TPSA) is 58.6 Å². The molecule has 1 heterocycles. The van der Waals surface area contributed by atoms with Crippen LogP contribution in [0.3, 0.4) is 0 Å². The molecular weight excluding hydrogens is 364 g/mol. The zero-order valence-corrected chi connectivity index (χ0v) is 17.5. The average Bonchev–Trinajstić information content (AvgIpc) is 2.72. The minimum Gasteiger partial charge on any atom is -0.492 e. The molecule has 0 unspecified atom stereocenters. The summed E-state index contributed by atoms with van der Waals surface area (Å²) in [6.45, 7) is 7.87. The van der Waals surface area contributed by atoms with Gasteiger partial charge in [0.1, 0.15) is 5.75 Å². The van der Waals surface area contributed by atoms with Gasteiger partial charge in [-0.3, -0.25) is 9.59 Å². The predicted molar refractivity (Wildman–Crippen MR) is 114 cm³/mol. The number of carbonyl (C=O) groups excluding carboxylic acids is 2. The van der Waals surface area contributed by atoms with Crippen molar-refractivity contribution in [1.82, 2.24) is 10.2 Å². The van der Waals surface area contributed by atoms with E-state index in [9.17, 15) is 9.59 Å². The Kier molecular flexibility index (Phi) is 6.91. The second kappa shape index (κ2) is 9.59. The van der Waals surface area contributed by atoms with E-state index in [2.05, 4.69) is 5.32 Å². The summed E-state index contributed by atoms with van der Waals surface area (Å²) < 4.78 is 6.01. The third-order valence-corrected chi connectivity index (χ3v) is 5.30. The number of likely N-dealkylation sites (tertiary alicyclic amines) is 1. The highest BCUT2D eigenvalue weighted by Gasteiger charge is 2.25. The minimum atomic E-state index is -0.116. The minimum absolute atomic E-state index is 0.0747. The Bertz CT molecular complexity index is 855. The monoisotopic (exact) mass is 394 g/mol. The van der Waals surface area contributed by atoms with Crippen LogP contribution < -0.4 is 10.1 Å². The number of nitrogens with one attached hydrogen (secondary N) is 1. The van der Waals surface area contributed by atoms with E-state index in [4.69, 9.17) is 4.74 Å². The highest BCUT2D eigenvalue weighted by atomic mass is 16.5. The van der Waals surface area contributed by atoms with E-state index in [0.717, 1.165) is 37.1 Å². The normalized spacial score (nSPS) is 14.7. The van der Waals surface area contributed by atoms with Crippen molar-refractivity contribution in [2.45, 2.75) is 39.7 Å². The van der Waals surface area contributed by atoms with Gasteiger partial charge in [-0.1, -0.05) is 30.3 Å². The lowest BCUT2D eigenvalue weighted by Crippen LogP contribution is -2.40. The van der Waals surface area contributed by atoms with Crippen molar-refractivity contribution in [3.05, 3.63) is 65.2 Å². The molecule has 1 saturated heterocycles. The molecule has 0 saturated carbocycles. The molecule has 2 aromatic carbocycles. The lowest BCUT2D eigenvalue weighted by Gasteiger charge is -2.32. The van der Waals surface area contributed by atoms with Gasteiger partial charge >= 0.3 is 0 Å². The molecule has 0 atom stereocenters. The molecule has 0 bridgehead atoms. The van der Waals surface area contributed by atoms with Gasteiger partial charge in [0, 0.05) is 24.7 Å². The molecule has 0 aromatic heterocycles. The fourth-order valence-corrected chi connectivity index (χ4v) is 3.61. The summed E-state index contributed by atoms with van der Waals surface area (Å²) in [5, 5.41) is 2.91. The van der Waals surface area contributed by atoms with Crippen LogP contribution in [-0.2, 0) is 0 Å². The van der Waals surface area contributed by atoms with Gasteiger partial charge in [-0.2, -0.15) is 0 Å². The number of para-hydroxylation sites is 1. The van der Waals surface area contributed by atoms with Crippen LogP contribution in [0, 0.1) is 12.8 Å². The molecule has 2 amide bonds. The number of hydrogen-bond donors (Lipinski definition) is 1. The fraction of sp³-hybridized carbons (Fsp3) is 0.417. The summed E-state index contributed by atoms with van der Waals surface area (Å²) in [6, 6.07) is 15.2. The third kappa shape index (κ3) is 5.37. The van der Waals surface area contributed by atoms with Crippen molar-refractivity contribution in [2.24, 2.45) is 5.92 Å². The standard InChI is InChI=1S/C24H30N2O3/c1-17(2)25-23(27)21-10-6-7-11-22(21)29-16-19-12-14-26(15-13-19)24(28)20-9-5-4-8-18(20)3/h4-11,17,19H,12-16H2,1-3H3,(H,25,27). The largest absolute Gasteiger partial charge is 0.492 e. The van der Waals surface area contributed by atoms with Crippen LogP contribution in [-0.4, -0.2) is 42.5 Å². The quantitative estimate of drug-likeness (QED) is 0.804. The number of nitrogens with zero attached hydrogens (tertiary/aromatic N) is 1. The zero-order valence-electron chi connectivity index (χ0n) is 17.5. The molecule has 1 aliphatic heterocycles. The maximum absolute atomic E-state index is 12.8. The molecule has 5 nitrogen and oxygen atoms in total. The highest BCUT2D eigenvalue weighted by molar-refractivity contribution is 5.97. The Morgan fingerprint density at radius 3 is 2.31 bits per heavy atom. The second-order valence-corrected chi connectivity index (χ2v) is 7.99. The lowest BCUT2D eigenvalue weighted by atomic mass is 9.96. The van der Waals surface area contributed by atoms with Gasteiger partial charge in [-0.05, 0) is 63.3 Å². The summed E-state index contributed by atoms with van der Waals surface area (Å²) in [6.07, 6.45) is 1.80. The van der Waals surface area contributed by atoms with Crippen molar-refractivity contribution in [3.8, 4) is 5.75 Å². The molecule has 0 radical (unpaired) electrons. The number of amides is 2. The van der Waals surface area contributed by atoms with E-state index in [1.54, 1.807) is 6.07 Å². The van der Waals surface area contributed by atoms with E-state index in [-0.39, 0.29) is 17.9 Å². The average molecular weight is 395 g/mol. The summed E-state index contributed by atoms with van der Waals surface area (Å²) >= 11 is 0. The molecule has 0 aliphatic carbocycles. The summed E-state index contributed by atoms with van der Waals surface area (Å²) in [5.74, 6) is 0.980. The van der Waals surface area contributed by atoms with Gasteiger partial charge in [-0.15, -0.1) is 0 Å². The van der Waals surface area contributed by atoms with E-state index in [1.165, 1.54) is 0 Å². The zero-order chi connectivity index (χ0) is 20.8. The molecule has 5 heteroatoms. The van der Waals surface area contributed by atoms with E-state index in [0.29, 0.717) is 23.8 Å². The van der Waals surface area contributed by atoms with Crippen LogP contribution >= 0.6 is 0 Å². The van der Waals surface area contributed by atoms with Gasteiger partial charge < -0.3 is 15.0 Å². The van der Waals surface area contributed by atoms with E-state index >= 15 is 0 Å². The first-order valence-electron chi connectivity index (χ1n) is 10.3. The fourth-order valence-electron chi connectivity index (χ4n) is 3.61. The third-order valence-electron chi connectivity index (χ3n) is 5.30. The number of hydrogen-bond acceptors (Lipinski definition) is 3. The number of rotatable bonds is 6. The number of benzene rings is 2. The summed E-state index contributed by atoms with van der Waals surface area (Å²) in [4.78, 5) is 27.1. The van der Waals surface area contributed by atoms with Crippen LogP contribution in [0.4, 0.5) is 0 Å². The van der Waals surface area contributed by atoms with Crippen molar-refractivity contribution in [3.63, 3.8) is 0 Å². The molecule has 1 fully saturated rings. The van der Waals surface area contributed by atoms with Gasteiger partial charge in [0.15, 0.2) is 0 Å². The Morgan fingerprint density at radius 1 is 1.03 bits per heavy atom. The van der Waals surface area contributed by atoms with E-state index in [1.807, 2.05) is 68.1 Å². The smallest absolute Gasteiger partial charge is 0.255 e. The van der Waals surface area contributed by atoms with Crippen LogP contribution in [0.2, 0.25) is 0 Å². The Balaban J connectivity index is 1.54.